The predicted molar refractivity (Wildman–Crippen MR) is 125 cm³/mol. The molecular weight excluding hydrogens is 422 g/mol. The van der Waals surface area contributed by atoms with E-state index >= 15 is 0 Å². The fourth-order valence-electron chi connectivity index (χ4n) is 4.11. The smallest absolute Gasteiger partial charge is 0.410 e. The van der Waals surface area contributed by atoms with Crippen LogP contribution >= 0.6 is 0 Å². The topological polar surface area (TPSA) is 74.3 Å². The van der Waals surface area contributed by atoms with Crippen LogP contribution in [0, 0.1) is 6.92 Å². The standard InChI is InChI=1S/C26H33NO6/c1-19-16-21(17-23(30-2)24(19)31-3)12-9-15-32-25(28)22-13-7-8-14-27(22)26(29)33-18-20-10-5-4-6-11-20/h4-6,10-11,16-17,22H,7-9,12-15,18H2,1-3H3/t22-/m0/s1. The minimum Gasteiger partial charge on any atom is -0.493 e. The van der Waals surface area contributed by atoms with Gasteiger partial charge in [-0.05, 0) is 61.8 Å². The maximum Gasteiger partial charge on any atom is 0.410 e. The van der Waals surface area contributed by atoms with Gasteiger partial charge in [0.15, 0.2) is 11.5 Å². The Bertz CT molecular complexity index is 930. The number of piperidine rings is 1. The number of benzene rings is 2. The number of methoxy groups -OCH3 is 2. The van der Waals surface area contributed by atoms with Gasteiger partial charge in [0.05, 0.1) is 20.8 Å². The zero-order valence-electron chi connectivity index (χ0n) is 19.7. The van der Waals surface area contributed by atoms with Crippen LogP contribution < -0.4 is 9.47 Å². The van der Waals surface area contributed by atoms with E-state index in [0.29, 0.717) is 25.1 Å². The second kappa shape index (κ2) is 12.1. The second-order valence-electron chi connectivity index (χ2n) is 8.16. The van der Waals surface area contributed by atoms with Crippen LogP contribution in [-0.2, 0) is 27.3 Å². The molecule has 0 unspecified atom stereocenters. The van der Waals surface area contributed by atoms with E-state index in [4.69, 9.17) is 18.9 Å². The maximum atomic E-state index is 12.7. The first-order chi connectivity index (χ1) is 16.0. The van der Waals surface area contributed by atoms with Gasteiger partial charge in [-0.15, -0.1) is 0 Å². The Balaban J connectivity index is 1.49. The van der Waals surface area contributed by atoms with Crippen molar-refractivity contribution >= 4 is 12.1 Å². The zero-order chi connectivity index (χ0) is 23.6. The van der Waals surface area contributed by atoms with Crippen molar-refractivity contribution in [3.63, 3.8) is 0 Å². The molecule has 1 atom stereocenters. The van der Waals surface area contributed by atoms with E-state index in [1.807, 2.05) is 43.3 Å². The average Bonchev–Trinajstić information content (AvgIpc) is 2.85. The van der Waals surface area contributed by atoms with Crippen LogP contribution in [0.5, 0.6) is 11.5 Å². The number of hydrogen-bond acceptors (Lipinski definition) is 6. The number of nitrogens with zero attached hydrogens (tertiary/aromatic N) is 1. The Morgan fingerprint density at radius 3 is 2.52 bits per heavy atom. The van der Waals surface area contributed by atoms with Crippen LogP contribution in [0.25, 0.3) is 0 Å². The van der Waals surface area contributed by atoms with Gasteiger partial charge in [0.1, 0.15) is 12.6 Å². The minimum atomic E-state index is -0.592. The molecule has 0 N–H and O–H groups in total. The van der Waals surface area contributed by atoms with Crippen molar-refractivity contribution in [1.82, 2.24) is 4.90 Å². The maximum absolute atomic E-state index is 12.7. The molecule has 0 saturated carbocycles. The molecule has 1 heterocycles. The van der Waals surface area contributed by atoms with Gasteiger partial charge in [0.2, 0.25) is 0 Å². The Labute approximate surface area is 195 Å². The summed E-state index contributed by atoms with van der Waals surface area (Å²) in [6.07, 6.45) is 3.26. The fraction of sp³-hybridized carbons (Fsp3) is 0.462. The van der Waals surface area contributed by atoms with Gasteiger partial charge in [0.25, 0.3) is 0 Å². The second-order valence-corrected chi connectivity index (χ2v) is 8.16. The van der Waals surface area contributed by atoms with Crippen molar-refractivity contribution in [2.75, 3.05) is 27.4 Å². The third-order valence-corrected chi connectivity index (χ3v) is 5.79. The summed E-state index contributed by atoms with van der Waals surface area (Å²) >= 11 is 0. The molecule has 2 aromatic carbocycles. The molecule has 178 valence electrons. The third-order valence-electron chi connectivity index (χ3n) is 5.79. The highest BCUT2D eigenvalue weighted by Crippen LogP contribution is 2.32. The van der Waals surface area contributed by atoms with Crippen LogP contribution in [0.2, 0.25) is 0 Å². The molecule has 1 aliphatic heterocycles. The highest BCUT2D eigenvalue weighted by Gasteiger charge is 2.34. The molecule has 1 amide bonds. The number of amides is 1. The largest absolute Gasteiger partial charge is 0.493 e. The molecule has 0 bridgehead atoms. The lowest BCUT2D eigenvalue weighted by Crippen LogP contribution is -2.48. The SMILES string of the molecule is COc1cc(CCCOC(=O)[C@@H]2CCCCN2C(=O)OCc2ccccc2)cc(C)c1OC. The van der Waals surface area contributed by atoms with Crippen molar-refractivity contribution in [3.05, 3.63) is 59.2 Å². The molecule has 0 aromatic heterocycles. The van der Waals surface area contributed by atoms with Crippen LogP contribution in [0.1, 0.15) is 42.4 Å². The van der Waals surface area contributed by atoms with Gasteiger partial charge in [-0.25, -0.2) is 9.59 Å². The monoisotopic (exact) mass is 455 g/mol. The number of carbonyl (C=O) groups is 2. The molecular formula is C26H33NO6. The molecule has 0 radical (unpaired) electrons. The Morgan fingerprint density at radius 2 is 1.79 bits per heavy atom. The molecule has 1 aliphatic rings. The fourth-order valence-corrected chi connectivity index (χ4v) is 4.11. The summed E-state index contributed by atoms with van der Waals surface area (Å²) < 4.78 is 21.8. The molecule has 0 aliphatic carbocycles. The van der Waals surface area contributed by atoms with E-state index in [-0.39, 0.29) is 19.2 Å². The van der Waals surface area contributed by atoms with Gasteiger partial charge in [0, 0.05) is 6.54 Å². The Morgan fingerprint density at radius 1 is 1.00 bits per heavy atom. The van der Waals surface area contributed by atoms with E-state index in [0.717, 1.165) is 41.7 Å². The highest BCUT2D eigenvalue weighted by molar-refractivity contribution is 5.81. The lowest BCUT2D eigenvalue weighted by atomic mass is 10.0. The molecule has 0 spiro atoms. The summed E-state index contributed by atoms with van der Waals surface area (Å²) in [5.41, 5.74) is 2.99. The lowest BCUT2D eigenvalue weighted by Gasteiger charge is -2.33. The molecule has 33 heavy (non-hydrogen) atoms. The quantitative estimate of drug-likeness (QED) is 0.404. The molecule has 1 fully saturated rings. The Kier molecular flexibility index (Phi) is 8.98. The number of ether oxygens (including phenoxy) is 4. The minimum absolute atomic E-state index is 0.183. The number of aryl methyl sites for hydroxylation is 2. The van der Waals surface area contributed by atoms with E-state index in [2.05, 4.69) is 6.07 Å². The van der Waals surface area contributed by atoms with Crippen LogP contribution in [0.3, 0.4) is 0 Å². The summed E-state index contributed by atoms with van der Waals surface area (Å²) in [7, 11) is 3.24. The van der Waals surface area contributed by atoms with Crippen molar-refractivity contribution in [2.24, 2.45) is 0 Å². The number of esters is 1. The summed E-state index contributed by atoms with van der Waals surface area (Å²) in [5, 5.41) is 0. The molecule has 1 saturated heterocycles. The van der Waals surface area contributed by atoms with Gasteiger partial charge in [-0.1, -0.05) is 36.4 Å². The van der Waals surface area contributed by atoms with Gasteiger partial charge >= 0.3 is 12.1 Å². The summed E-state index contributed by atoms with van der Waals surface area (Å²) in [4.78, 5) is 26.9. The van der Waals surface area contributed by atoms with Crippen LogP contribution in [0.15, 0.2) is 42.5 Å². The van der Waals surface area contributed by atoms with Crippen molar-refractivity contribution in [3.8, 4) is 11.5 Å². The van der Waals surface area contributed by atoms with Crippen molar-refractivity contribution < 1.29 is 28.5 Å². The molecule has 3 rings (SSSR count). The van der Waals surface area contributed by atoms with Gasteiger partial charge in [-0.3, -0.25) is 4.90 Å². The van der Waals surface area contributed by atoms with Crippen molar-refractivity contribution in [1.29, 1.82) is 0 Å². The average molecular weight is 456 g/mol. The van der Waals surface area contributed by atoms with E-state index in [1.54, 1.807) is 14.2 Å². The molecule has 2 aromatic rings. The summed E-state index contributed by atoms with van der Waals surface area (Å²) in [6, 6.07) is 12.9. The number of likely N-dealkylation sites (tertiary alicyclic amines) is 1. The number of carbonyl (C=O) groups excluding carboxylic acids is 2. The first-order valence-corrected chi connectivity index (χ1v) is 11.4. The van der Waals surface area contributed by atoms with E-state index in [1.165, 1.54) is 4.90 Å². The number of rotatable bonds is 9. The van der Waals surface area contributed by atoms with Crippen molar-refractivity contribution in [2.45, 2.75) is 51.7 Å². The predicted octanol–water partition coefficient (Wildman–Crippen LogP) is 4.68. The normalized spacial score (nSPS) is 15.6. The number of hydrogen-bond donors (Lipinski definition) is 0. The van der Waals surface area contributed by atoms with E-state index in [9.17, 15) is 9.59 Å². The first kappa shape index (κ1) is 24.4. The highest BCUT2D eigenvalue weighted by atomic mass is 16.6. The van der Waals surface area contributed by atoms with E-state index < -0.39 is 12.1 Å². The Hall–Kier alpha value is -3.22. The van der Waals surface area contributed by atoms with Gasteiger partial charge in [-0.2, -0.15) is 0 Å². The molecule has 7 nitrogen and oxygen atoms in total. The first-order valence-electron chi connectivity index (χ1n) is 11.4. The summed E-state index contributed by atoms with van der Waals surface area (Å²) in [6.45, 7) is 2.94. The lowest BCUT2D eigenvalue weighted by molar-refractivity contribution is -0.150. The van der Waals surface area contributed by atoms with Crippen LogP contribution in [-0.4, -0.2) is 50.4 Å². The molecule has 7 heteroatoms. The van der Waals surface area contributed by atoms with Crippen LogP contribution in [0.4, 0.5) is 4.79 Å². The summed E-state index contributed by atoms with van der Waals surface area (Å²) in [5.74, 6) is 1.05. The third kappa shape index (κ3) is 6.63. The van der Waals surface area contributed by atoms with Gasteiger partial charge < -0.3 is 18.9 Å². The zero-order valence-corrected chi connectivity index (χ0v) is 19.7.